The first kappa shape index (κ1) is 19.3. The number of carbonyl (C=O) groups excluding carboxylic acids is 1. The number of nitrogens with zero attached hydrogens (tertiary/aromatic N) is 2. The molecule has 0 bridgehead atoms. The normalized spacial score (nSPS) is 10.5. The van der Waals surface area contributed by atoms with Gasteiger partial charge in [0.2, 0.25) is 5.91 Å². The van der Waals surface area contributed by atoms with Crippen LogP contribution in [0.15, 0.2) is 102 Å². The van der Waals surface area contributed by atoms with Gasteiger partial charge in [-0.05, 0) is 23.8 Å². The molecule has 0 saturated carbocycles. The van der Waals surface area contributed by atoms with Crippen LogP contribution >= 0.6 is 0 Å². The lowest BCUT2D eigenvalue weighted by atomic mass is 10.0. The minimum Gasteiger partial charge on any atom is -0.324 e. The van der Waals surface area contributed by atoms with Gasteiger partial charge in [0.1, 0.15) is 6.54 Å². The van der Waals surface area contributed by atoms with Crippen molar-refractivity contribution >= 4 is 11.6 Å². The van der Waals surface area contributed by atoms with Crippen LogP contribution in [0, 0.1) is 0 Å². The summed E-state index contributed by atoms with van der Waals surface area (Å²) in [6, 6.07) is 30.4. The van der Waals surface area contributed by atoms with Crippen molar-refractivity contribution in [1.29, 1.82) is 0 Å². The quantitative estimate of drug-likeness (QED) is 0.534. The number of carbonyl (C=O) groups is 1. The van der Waals surface area contributed by atoms with Gasteiger partial charge in [-0.15, -0.1) is 0 Å². The summed E-state index contributed by atoms with van der Waals surface area (Å²) < 4.78 is 1.25. The van der Waals surface area contributed by atoms with E-state index in [0.29, 0.717) is 23.4 Å². The number of anilines is 1. The first-order valence-corrected chi connectivity index (χ1v) is 9.74. The molecule has 30 heavy (non-hydrogen) atoms. The third-order valence-electron chi connectivity index (χ3n) is 4.71. The van der Waals surface area contributed by atoms with Crippen molar-refractivity contribution in [3.05, 3.63) is 119 Å². The fraction of sp³-hybridized carbons (Fsp3) is 0.0800. The Hall–Kier alpha value is -3.99. The monoisotopic (exact) mass is 395 g/mol. The minimum absolute atomic E-state index is 0.157. The topological polar surface area (TPSA) is 64.0 Å². The SMILES string of the molecule is O=C(Cn1nc(-c2ccccc2)cc(Cc2ccccc2)c1=O)Nc1ccccc1. The maximum atomic E-state index is 13.1. The van der Waals surface area contributed by atoms with Gasteiger partial charge in [0, 0.05) is 23.2 Å². The molecule has 1 aromatic heterocycles. The molecule has 0 saturated heterocycles. The lowest BCUT2D eigenvalue weighted by Crippen LogP contribution is -2.32. The average Bonchev–Trinajstić information content (AvgIpc) is 2.78. The van der Waals surface area contributed by atoms with E-state index in [0.717, 1.165) is 11.1 Å². The molecule has 148 valence electrons. The summed E-state index contributed by atoms with van der Waals surface area (Å²) in [6.07, 6.45) is 0.475. The Balaban J connectivity index is 1.68. The standard InChI is InChI=1S/C25H21N3O2/c29-24(26-22-14-8-3-9-15-22)18-28-25(30)21(16-19-10-4-1-5-11-19)17-23(27-28)20-12-6-2-7-13-20/h1-15,17H,16,18H2,(H,26,29). The van der Waals surface area contributed by atoms with Crippen LogP contribution in [0.3, 0.4) is 0 Å². The lowest BCUT2D eigenvalue weighted by molar-refractivity contribution is -0.117. The predicted octanol–water partition coefficient (Wildman–Crippen LogP) is 4.14. The Morgan fingerprint density at radius 3 is 2.10 bits per heavy atom. The molecule has 0 fully saturated rings. The molecule has 0 aliphatic rings. The van der Waals surface area contributed by atoms with E-state index in [1.165, 1.54) is 4.68 Å². The first-order valence-electron chi connectivity index (χ1n) is 9.74. The lowest BCUT2D eigenvalue weighted by Gasteiger charge is -2.11. The molecular formula is C25H21N3O2. The van der Waals surface area contributed by atoms with Gasteiger partial charge in [0.25, 0.3) is 5.56 Å². The molecule has 0 radical (unpaired) electrons. The summed E-state index contributed by atoms with van der Waals surface area (Å²) in [5, 5.41) is 7.28. The van der Waals surface area contributed by atoms with Crippen molar-refractivity contribution in [2.75, 3.05) is 5.32 Å². The average molecular weight is 395 g/mol. The molecule has 1 amide bonds. The fourth-order valence-electron chi connectivity index (χ4n) is 3.25. The van der Waals surface area contributed by atoms with Gasteiger partial charge in [-0.25, -0.2) is 4.68 Å². The maximum absolute atomic E-state index is 13.1. The summed E-state index contributed by atoms with van der Waals surface area (Å²) in [7, 11) is 0. The van der Waals surface area contributed by atoms with E-state index in [-0.39, 0.29) is 18.0 Å². The second-order valence-electron chi connectivity index (χ2n) is 6.96. The second-order valence-corrected chi connectivity index (χ2v) is 6.96. The molecule has 3 aromatic carbocycles. The number of benzene rings is 3. The molecule has 4 aromatic rings. The Bertz CT molecular complexity index is 1190. The molecule has 0 aliphatic carbocycles. The van der Waals surface area contributed by atoms with Gasteiger partial charge in [-0.1, -0.05) is 78.9 Å². The molecular weight excluding hydrogens is 374 g/mol. The van der Waals surface area contributed by atoms with Gasteiger partial charge in [-0.2, -0.15) is 5.10 Å². The highest BCUT2D eigenvalue weighted by Crippen LogP contribution is 2.17. The molecule has 5 heteroatoms. The largest absolute Gasteiger partial charge is 0.324 e. The third kappa shape index (κ3) is 4.70. The Kier molecular flexibility index (Phi) is 5.80. The van der Waals surface area contributed by atoms with E-state index in [2.05, 4.69) is 10.4 Å². The molecule has 4 rings (SSSR count). The van der Waals surface area contributed by atoms with Gasteiger partial charge in [-0.3, -0.25) is 9.59 Å². The van der Waals surface area contributed by atoms with Crippen molar-refractivity contribution in [1.82, 2.24) is 9.78 Å². The summed E-state index contributed by atoms with van der Waals surface area (Å²) in [6.45, 7) is -0.157. The van der Waals surface area contributed by atoms with Crippen LogP contribution in [0.4, 0.5) is 5.69 Å². The van der Waals surface area contributed by atoms with Crippen molar-refractivity contribution in [2.24, 2.45) is 0 Å². The Morgan fingerprint density at radius 2 is 1.43 bits per heavy atom. The van der Waals surface area contributed by atoms with E-state index in [9.17, 15) is 9.59 Å². The number of rotatable bonds is 6. The zero-order valence-electron chi connectivity index (χ0n) is 16.4. The van der Waals surface area contributed by atoms with Crippen molar-refractivity contribution < 1.29 is 4.79 Å². The predicted molar refractivity (Wildman–Crippen MR) is 118 cm³/mol. The molecule has 1 heterocycles. The van der Waals surface area contributed by atoms with Gasteiger partial charge >= 0.3 is 0 Å². The van der Waals surface area contributed by atoms with E-state index in [1.54, 1.807) is 12.1 Å². The number of hydrogen-bond acceptors (Lipinski definition) is 3. The van der Waals surface area contributed by atoms with Crippen LogP contribution in [0.1, 0.15) is 11.1 Å². The van der Waals surface area contributed by atoms with E-state index in [4.69, 9.17) is 0 Å². The molecule has 0 aliphatic heterocycles. The Morgan fingerprint density at radius 1 is 0.833 bits per heavy atom. The van der Waals surface area contributed by atoms with Gasteiger partial charge in [0.05, 0.1) is 5.69 Å². The minimum atomic E-state index is -0.299. The summed E-state index contributed by atoms with van der Waals surface area (Å²) in [5.74, 6) is -0.299. The fourth-order valence-corrected chi connectivity index (χ4v) is 3.25. The van der Waals surface area contributed by atoms with Crippen LogP contribution in [0.25, 0.3) is 11.3 Å². The number of para-hydroxylation sites is 1. The van der Waals surface area contributed by atoms with Gasteiger partial charge in [0.15, 0.2) is 0 Å². The summed E-state index contributed by atoms with van der Waals surface area (Å²) in [5.41, 5.74) is 3.60. The number of hydrogen-bond donors (Lipinski definition) is 1. The highest BCUT2D eigenvalue weighted by molar-refractivity contribution is 5.90. The summed E-state index contributed by atoms with van der Waals surface area (Å²) >= 11 is 0. The number of nitrogens with one attached hydrogen (secondary N) is 1. The Labute approximate surface area is 174 Å². The number of amides is 1. The molecule has 0 unspecified atom stereocenters. The third-order valence-corrected chi connectivity index (χ3v) is 4.71. The molecule has 1 N–H and O–H groups in total. The highest BCUT2D eigenvalue weighted by atomic mass is 16.2. The zero-order valence-corrected chi connectivity index (χ0v) is 16.4. The van der Waals surface area contributed by atoms with E-state index >= 15 is 0 Å². The van der Waals surface area contributed by atoms with E-state index < -0.39 is 0 Å². The van der Waals surface area contributed by atoms with Crippen molar-refractivity contribution in [2.45, 2.75) is 13.0 Å². The molecule has 0 spiro atoms. The van der Waals surface area contributed by atoms with Crippen LogP contribution < -0.4 is 10.9 Å². The van der Waals surface area contributed by atoms with Crippen LogP contribution in [-0.2, 0) is 17.8 Å². The summed E-state index contributed by atoms with van der Waals surface area (Å²) in [4.78, 5) is 25.6. The molecule has 5 nitrogen and oxygen atoms in total. The molecule has 0 atom stereocenters. The smallest absolute Gasteiger partial charge is 0.270 e. The van der Waals surface area contributed by atoms with Crippen molar-refractivity contribution in [3.8, 4) is 11.3 Å². The maximum Gasteiger partial charge on any atom is 0.270 e. The van der Waals surface area contributed by atoms with Crippen LogP contribution in [0.5, 0.6) is 0 Å². The van der Waals surface area contributed by atoms with Crippen LogP contribution in [-0.4, -0.2) is 15.7 Å². The van der Waals surface area contributed by atoms with Crippen molar-refractivity contribution in [3.63, 3.8) is 0 Å². The number of aromatic nitrogens is 2. The first-order chi connectivity index (χ1) is 14.7. The second kappa shape index (κ2) is 9.01. The van der Waals surface area contributed by atoms with E-state index in [1.807, 2.05) is 84.9 Å². The zero-order chi connectivity index (χ0) is 20.8. The van der Waals surface area contributed by atoms with Crippen LogP contribution in [0.2, 0.25) is 0 Å². The van der Waals surface area contributed by atoms with Gasteiger partial charge < -0.3 is 5.32 Å². The highest BCUT2D eigenvalue weighted by Gasteiger charge is 2.13.